The summed E-state index contributed by atoms with van der Waals surface area (Å²) >= 11 is 0. The topological polar surface area (TPSA) is 295 Å². The number of Topliss-reactive ketones (excluding diaryl/α,β-unsaturated/α-hetero) is 8. The van der Waals surface area contributed by atoms with Gasteiger partial charge in [0, 0.05) is 58.0 Å². The fraction of sp³-hybridized carbons (Fsp3) is 0.795. The minimum Gasteiger partial charge on any atom is -0.486 e. The van der Waals surface area contributed by atoms with Crippen LogP contribution in [0.3, 0.4) is 0 Å². The largest absolute Gasteiger partial charge is 0.486 e. The molecule has 2 rings (SSSR count). The number of ketones is 8. The van der Waals surface area contributed by atoms with Gasteiger partial charge in [-0.05, 0) is 274 Å². The Labute approximate surface area is 868 Å². The van der Waals surface area contributed by atoms with Crippen LogP contribution < -0.4 is 9.47 Å². The van der Waals surface area contributed by atoms with Crippen molar-refractivity contribution < 1.29 is 91.7 Å². The molecule has 3 N–H and O–H groups in total. The van der Waals surface area contributed by atoms with E-state index in [0.29, 0.717) is 94.5 Å². The number of rotatable bonds is 54. The van der Waals surface area contributed by atoms with Gasteiger partial charge in [0.05, 0.1) is 31.8 Å². The Kier molecular flexibility index (Phi) is 93.4. The lowest BCUT2D eigenvalue weighted by Gasteiger charge is -2.21. The van der Waals surface area contributed by atoms with Crippen LogP contribution in [0, 0.1) is 54.1 Å². The van der Waals surface area contributed by atoms with Gasteiger partial charge in [-0.25, -0.2) is 4.79 Å². The van der Waals surface area contributed by atoms with Crippen LogP contribution in [-0.2, 0) is 79.8 Å². The van der Waals surface area contributed by atoms with Gasteiger partial charge in [-0.1, -0.05) is 322 Å². The molecule has 2 aromatic rings. The zero-order valence-electron chi connectivity index (χ0n) is 98.1. The minimum absolute atomic E-state index is 0. The summed E-state index contributed by atoms with van der Waals surface area (Å²) in [6, 6.07) is 15.8. The predicted molar refractivity (Wildman–Crippen MR) is 596 cm³/mol. The summed E-state index contributed by atoms with van der Waals surface area (Å²) in [4.78, 5) is 118. The predicted octanol–water partition coefficient (Wildman–Crippen LogP) is 32.8. The third-order valence-electron chi connectivity index (χ3n) is 20.6. The molecule has 0 radical (unpaired) electrons. The molecule has 0 bridgehead atoms. The number of aliphatic hydroxyl groups excluding tert-OH is 2. The molecule has 2 aromatic carbocycles. The fourth-order valence-corrected chi connectivity index (χ4v) is 13.2. The van der Waals surface area contributed by atoms with Gasteiger partial charge >= 0.3 is 17.9 Å². The molecular formula is C122H226O19. The van der Waals surface area contributed by atoms with Gasteiger partial charge in [0.2, 0.25) is 0 Å². The minimum atomic E-state index is -0.900. The fourth-order valence-electron chi connectivity index (χ4n) is 13.2. The molecule has 0 aliphatic carbocycles. The molecule has 0 aliphatic rings. The number of aliphatic carboxylic acids is 1. The van der Waals surface area contributed by atoms with Crippen LogP contribution in [0.4, 0.5) is 0 Å². The zero-order chi connectivity index (χ0) is 110. The third-order valence-corrected chi connectivity index (χ3v) is 20.6. The number of carboxylic acids is 1. The van der Waals surface area contributed by atoms with Crippen molar-refractivity contribution in [2.24, 2.45) is 54.1 Å². The van der Waals surface area contributed by atoms with Crippen LogP contribution >= 0.6 is 0 Å². The molecular weight excluding hydrogens is 1770 g/mol. The number of esters is 2. The molecule has 2 atom stereocenters. The standard InChI is InChI=1S/C15H22O3.C14H20O2.C13H26O2.C12H24O3.C12H24O.C12H22O.C11H20O3.C11H22O2.C11H22O.C10H20O.CH4/c1-5-17-14(16)11-18-13-8-6-7-12(9-13)10-15(2,3)4;1-11(15)10-16-13-7-5-6-12(8-13)9-14(2,3)4;1-5-15-12(14)10-8-6-7-9-11-13(2,3)4;1-9(13)8-11(15)10(14)6-5-7-12(2,3)4;2*1-11(13)9-7-5-6-8-10-12(2,3)4;1-11(2,3)8-4-5-9(12)6-7-10(13)14;1-10(12)9-13-8-6-5-7-11(2,3)4;1-10(12)8-6-5-7-9-11(2,3)4;1-9(11)7-5-6-8-10(2,3)4;/h6-9H,5,10-11H2,1-4H3;5-8H,9-10H2,1-4H3;5-11H2,1-4H3;10-11,14-15H,5-8H2,1-4H3;5-10H2,1-4H3;5,7H,6,8-10H2,1-4H3;4-8H2,1-3H3,(H,13,14);5-9H2,1-4H3;5-9H2,1-4H3;5-8H2,1-4H3;1H4/b;;;;;7-5+;;;;;. The molecule has 828 valence electrons. The van der Waals surface area contributed by atoms with Crippen molar-refractivity contribution in [3.05, 3.63) is 71.8 Å². The Morgan fingerprint density at radius 2 is 0.638 bits per heavy atom. The summed E-state index contributed by atoms with van der Waals surface area (Å²) in [6.07, 6.45) is 40.3. The summed E-state index contributed by atoms with van der Waals surface area (Å²) in [5.41, 5.74) is 6.12. The smallest absolute Gasteiger partial charge is 0.344 e. The second-order valence-corrected chi connectivity index (χ2v) is 50.5. The zero-order valence-corrected chi connectivity index (χ0v) is 98.1. The SMILES string of the molecule is C.CC(=O)C/C=C/CCCC(C)(C)C.CC(=O)CC(O)C(O)CCCC(C)(C)C.CC(=O)CCCCC(C)(C)C.CC(=O)CCCCCC(C)(C)C.CC(=O)CCCCCCC(C)(C)C.CC(=O)COCCCCC(C)(C)C.CC(=O)COc1cccc(CC(C)(C)C)c1.CC(C)(C)CCCC(=O)CCC(=O)O.CCOC(=O)CCCCCCC(C)(C)C.CCOC(=O)COc1cccc(CC(C)(C)C)c1. The monoisotopic (exact) mass is 2000 g/mol. The first-order chi connectivity index (χ1) is 63.8. The molecule has 0 amide bonds. The number of carboxylic acid groups (broad SMARTS) is 1. The van der Waals surface area contributed by atoms with Gasteiger partial charge in [0.1, 0.15) is 59.4 Å². The Bertz CT molecular complexity index is 3490. The number of allylic oxidation sites excluding steroid dienone is 2. The van der Waals surface area contributed by atoms with E-state index < -0.39 is 18.2 Å². The molecule has 19 heteroatoms. The second-order valence-electron chi connectivity index (χ2n) is 50.5. The Balaban J connectivity index is -0.000000197. The Morgan fingerprint density at radius 1 is 0.312 bits per heavy atom. The highest BCUT2D eigenvalue weighted by molar-refractivity contribution is 5.82. The van der Waals surface area contributed by atoms with Crippen molar-refractivity contribution in [2.75, 3.05) is 39.6 Å². The van der Waals surface area contributed by atoms with Crippen molar-refractivity contribution >= 4 is 64.2 Å². The van der Waals surface area contributed by atoms with Crippen LogP contribution in [0.25, 0.3) is 0 Å². The van der Waals surface area contributed by atoms with Gasteiger partial charge in [-0.3, -0.25) is 33.6 Å². The maximum atomic E-state index is 11.2. The van der Waals surface area contributed by atoms with Gasteiger partial charge in [-0.15, -0.1) is 0 Å². The molecule has 2 unspecified atom stereocenters. The summed E-state index contributed by atoms with van der Waals surface area (Å²) in [5.74, 6) is 1.56. The number of carbonyl (C=O) groups is 11. The van der Waals surface area contributed by atoms with Crippen LogP contribution in [0.2, 0.25) is 0 Å². The van der Waals surface area contributed by atoms with E-state index in [9.17, 15) is 63.0 Å². The number of benzene rings is 2. The van der Waals surface area contributed by atoms with Crippen LogP contribution in [0.5, 0.6) is 11.5 Å². The van der Waals surface area contributed by atoms with Crippen molar-refractivity contribution in [1.82, 2.24) is 0 Å². The molecule has 0 saturated heterocycles. The van der Waals surface area contributed by atoms with E-state index >= 15 is 0 Å². The van der Waals surface area contributed by atoms with E-state index in [-0.39, 0.29) is 109 Å². The average Bonchev–Trinajstić information content (AvgIpc) is 0.880. The highest BCUT2D eigenvalue weighted by atomic mass is 16.6. The van der Waals surface area contributed by atoms with E-state index in [1.807, 2.05) is 49.4 Å². The molecule has 141 heavy (non-hydrogen) atoms. The van der Waals surface area contributed by atoms with E-state index in [4.69, 9.17) is 28.8 Å². The summed E-state index contributed by atoms with van der Waals surface area (Å²) < 4.78 is 25.6. The van der Waals surface area contributed by atoms with E-state index in [1.54, 1.807) is 41.5 Å². The molecule has 0 fully saturated rings. The lowest BCUT2D eigenvalue weighted by molar-refractivity contribution is -0.145. The van der Waals surface area contributed by atoms with Gasteiger partial charge in [0.25, 0.3) is 0 Å². The van der Waals surface area contributed by atoms with Crippen molar-refractivity contribution in [3.63, 3.8) is 0 Å². The highest BCUT2D eigenvalue weighted by Crippen LogP contribution is 2.31. The second kappa shape index (κ2) is 86.5. The lowest BCUT2D eigenvalue weighted by Crippen LogP contribution is -2.28. The number of ether oxygens (including phenoxy) is 5. The van der Waals surface area contributed by atoms with Crippen molar-refractivity contribution in [1.29, 1.82) is 0 Å². The Morgan fingerprint density at radius 3 is 0.986 bits per heavy atom. The highest BCUT2D eigenvalue weighted by Gasteiger charge is 2.22. The normalized spacial score (nSPS) is 12.0. The molecule has 0 aromatic heterocycles. The number of hydrogen-bond donors (Lipinski definition) is 3. The molecule has 0 aliphatic heterocycles. The average molecular weight is 2000 g/mol. The van der Waals surface area contributed by atoms with Crippen LogP contribution in [-0.4, -0.2) is 131 Å². The quantitative estimate of drug-likeness (QED) is 0.0315. The summed E-state index contributed by atoms with van der Waals surface area (Å²) in [6.45, 7) is 83.4. The number of aliphatic hydroxyl groups is 2. The van der Waals surface area contributed by atoms with Gasteiger partial charge < -0.3 is 53.4 Å². The molecule has 0 saturated carbocycles. The van der Waals surface area contributed by atoms with Crippen molar-refractivity contribution in [2.45, 2.75) is 540 Å². The molecule has 19 nitrogen and oxygen atoms in total. The van der Waals surface area contributed by atoms with Crippen molar-refractivity contribution in [3.8, 4) is 11.5 Å². The number of carbonyl (C=O) groups excluding carboxylic acids is 10. The van der Waals surface area contributed by atoms with E-state index in [1.165, 1.54) is 128 Å². The van der Waals surface area contributed by atoms with Crippen LogP contribution in [0.1, 0.15) is 526 Å². The Hall–Kier alpha value is -6.57. The molecule has 0 heterocycles. The van der Waals surface area contributed by atoms with Crippen LogP contribution in [0.15, 0.2) is 60.7 Å². The first-order valence-electron chi connectivity index (χ1n) is 53.4. The molecule has 0 spiro atoms. The third kappa shape index (κ3) is 151. The summed E-state index contributed by atoms with van der Waals surface area (Å²) in [5, 5.41) is 27.4. The number of hydrogen-bond acceptors (Lipinski definition) is 18. The first-order valence-corrected chi connectivity index (χ1v) is 53.4. The van der Waals surface area contributed by atoms with Gasteiger partial charge in [-0.2, -0.15) is 0 Å². The van der Waals surface area contributed by atoms with Gasteiger partial charge in [0.15, 0.2) is 18.2 Å². The maximum Gasteiger partial charge on any atom is 0.344 e. The lowest BCUT2D eigenvalue weighted by atomic mass is 9.88. The van der Waals surface area contributed by atoms with E-state index in [0.717, 1.165) is 115 Å². The number of unbranched alkanes of at least 4 members (excludes halogenated alkanes) is 11. The van der Waals surface area contributed by atoms with E-state index in [2.05, 4.69) is 226 Å². The maximum absolute atomic E-state index is 11.2. The first kappa shape index (κ1) is 152. The summed E-state index contributed by atoms with van der Waals surface area (Å²) in [7, 11) is 0.